The molecular formula is C19H19N3O3. The zero-order chi connectivity index (χ0) is 18.2. The molecule has 1 amide bonds. The molecule has 0 fully saturated rings. The molecule has 2 aromatic rings. The van der Waals surface area contributed by atoms with E-state index in [0.29, 0.717) is 11.5 Å². The van der Waals surface area contributed by atoms with Gasteiger partial charge in [0.1, 0.15) is 6.07 Å². The van der Waals surface area contributed by atoms with Gasteiger partial charge in [-0.1, -0.05) is 6.07 Å². The molecule has 0 N–H and O–H groups in total. The van der Waals surface area contributed by atoms with Gasteiger partial charge in [0.2, 0.25) is 0 Å². The third-order valence-corrected chi connectivity index (χ3v) is 3.50. The highest BCUT2D eigenvalue weighted by atomic mass is 16.5. The maximum absolute atomic E-state index is 12.3. The van der Waals surface area contributed by atoms with Gasteiger partial charge in [-0.05, 0) is 42.8 Å². The summed E-state index contributed by atoms with van der Waals surface area (Å²) >= 11 is 0. The third-order valence-electron chi connectivity index (χ3n) is 3.50. The molecule has 2 rings (SSSR count). The first-order valence-electron chi connectivity index (χ1n) is 7.61. The van der Waals surface area contributed by atoms with E-state index in [1.54, 1.807) is 48.5 Å². The SMILES string of the molecule is COc1cc(/C=C/C(=O)N(C)c2ccnc(C)c2)ccc1OCC#N. The quantitative estimate of drug-likeness (QED) is 0.758. The minimum Gasteiger partial charge on any atom is -0.493 e. The minimum absolute atomic E-state index is 0.0554. The maximum Gasteiger partial charge on any atom is 0.250 e. The summed E-state index contributed by atoms with van der Waals surface area (Å²) in [4.78, 5) is 18.0. The fourth-order valence-corrected chi connectivity index (χ4v) is 2.16. The van der Waals surface area contributed by atoms with Gasteiger partial charge in [-0.2, -0.15) is 5.26 Å². The number of methoxy groups -OCH3 is 1. The number of carbonyl (C=O) groups is 1. The van der Waals surface area contributed by atoms with Gasteiger partial charge in [0.15, 0.2) is 18.1 Å². The Labute approximate surface area is 146 Å². The van der Waals surface area contributed by atoms with Gasteiger partial charge in [0.25, 0.3) is 5.91 Å². The largest absolute Gasteiger partial charge is 0.493 e. The lowest BCUT2D eigenvalue weighted by atomic mass is 10.2. The lowest BCUT2D eigenvalue weighted by Gasteiger charge is -2.15. The summed E-state index contributed by atoms with van der Waals surface area (Å²) in [5.74, 6) is 0.828. The third kappa shape index (κ3) is 4.82. The van der Waals surface area contributed by atoms with Crippen molar-refractivity contribution in [2.75, 3.05) is 25.7 Å². The molecule has 0 aliphatic carbocycles. The fraction of sp³-hybridized carbons (Fsp3) is 0.211. The van der Waals surface area contributed by atoms with Crippen molar-refractivity contribution in [2.45, 2.75) is 6.92 Å². The first kappa shape index (κ1) is 18.0. The van der Waals surface area contributed by atoms with Crippen molar-refractivity contribution in [2.24, 2.45) is 0 Å². The van der Waals surface area contributed by atoms with Crippen LogP contribution in [0, 0.1) is 18.3 Å². The van der Waals surface area contributed by atoms with Crippen LogP contribution in [0.15, 0.2) is 42.6 Å². The molecule has 6 nitrogen and oxygen atoms in total. The summed E-state index contributed by atoms with van der Waals surface area (Å²) < 4.78 is 10.5. The molecule has 0 saturated carbocycles. The van der Waals surface area contributed by atoms with Gasteiger partial charge < -0.3 is 14.4 Å². The Bertz CT molecular complexity index is 825. The lowest BCUT2D eigenvalue weighted by Crippen LogP contribution is -2.24. The van der Waals surface area contributed by atoms with Gasteiger partial charge in [0.05, 0.1) is 7.11 Å². The van der Waals surface area contributed by atoms with Crippen LogP contribution in [0.2, 0.25) is 0 Å². The van der Waals surface area contributed by atoms with Crippen LogP contribution in [0.5, 0.6) is 11.5 Å². The maximum atomic E-state index is 12.3. The zero-order valence-electron chi connectivity index (χ0n) is 14.4. The Hall–Kier alpha value is -3.33. The molecule has 25 heavy (non-hydrogen) atoms. The lowest BCUT2D eigenvalue weighted by molar-refractivity contribution is -0.113. The normalized spacial score (nSPS) is 10.3. The van der Waals surface area contributed by atoms with Crippen LogP contribution in [-0.2, 0) is 4.79 Å². The van der Waals surface area contributed by atoms with Crippen LogP contribution < -0.4 is 14.4 Å². The van der Waals surface area contributed by atoms with E-state index in [2.05, 4.69) is 4.98 Å². The number of aryl methyl sites for hydroxylation is 1. The Morgan fingerprint density at radius 2 is 2.12 bits per heavy atom. The molecule has 0 aliphatic heterocycles. The number of anilines is 1. The average molecular weight is 337 g/mol. The van der Waals surface area contributed by atoms with Crippen molar-refractivity contribution in [1.82, 2.24) is 4.98 Å². The summed E-state index contributed by atoms with van der Waals surface area (Å²) in [6, 6.07) is 10.8. The van der Waals surface area contributed by atoms with Crippen LogP contribution in [-0.4, -0.2) is 31.7 Å². The highest BCUT2D eigenvalue weighted by molar-refractivity contribution is 6.03. The number of amides is 1. The molecule has 1 aromatic heterocycles. The monoisotopic (exact) mass is 337 g/mol. The number of nitrogens with zero attached hydrogens (tertiary/aromatic N) is 3. The molecule has 0 unspecified atom stereocenters. The predicted molar refractivity (Wildman–Crippen MR) is 95.5 cm³/mol. The number of benzene rings is 1. The van der Waals surface area contributed by atoms with Gasteiger partial charge in [0, 0.05) is 30.7 Å². The molecule has 0 aliphatic rings. The predicted octanol–water partition coefficient (Wildman–Crippen LogP) is 2.98. The second-order valence-corrected chi connectivity index (χ2v) is 5.24. The van der Waals surface area contributed by atoms with E-state index < -0.39 is 0 Å². The number of aromatic nitrogens is 1. The first-order chi connectivity index (χ1) is 12.0. The summed E-state index contributed by atoms with van der Waals surface area (Å²) in [5.41, 5.74) is 2.41. The van der Waals surface area contributed by atoms with Crippen molar-refractivity contribution in [3.05, 3.63) is 53.9 Å². The molecule has 128 valence electrons. The van der Waals surface area contributed by atoms with Crippen molar-refractivity contribution in [3.8, 4) is 17.6 Å². The summed E-state index contributed by atoms with van der Waals surface area (Å²) in [6.45, 7) is 1.82. The minimum atomic E-state index is -0.158. The number of hydrogen-bond acceptors (Lipinski definition) is 5. The van der Waals surface area contributed by atoms with Gasteiger partial charge in [-0.3, -0.25) is 9.78 Å². The van der Waals surface area contributed by atoms with E-state index in [1.807, 2.05) is 19.1 Å². The van der Waals surface area contributed by atoms with E-state index >= 15 is 0 Å². The van der Waals surface area contributed by atoms with Crippen molar-refractivity contribution in [1.29, 1.82) is 5.26 Å². The number of nitriles is 1. The number of hydrogen-bond donors (Lipinski definition) is 0. The molecule has 0 atom stereocenters. The number of rotatable bonds is 6. The standard InChI is InChI=1S/C19H19N3O3/c1-14-12-16(8-10-21-14)22(2)19(23)7-5-15-4-6-17(25-11-9-20)18(13-15)24-3/h4-8,10,12-13H,11H2,1-3H3/b7-5+. The smallest absolute Gasteiger partial charge is 0.250 e. The summed E-state index contributed by atoms with van der Waals surface area (Å²) in [7, 11) is 3.23. The van der Waals surface area contributed by atoms with E-state index in [1.165, 1.54) is 13.2 Å². The van der Waals surface area contributed by atoms with Gasteiger partial charge in [-0.25, -0.2) is 0 Å². The van der Waals surface area contributed by atoms with E-state index in [-0.39, 0.29) is 12.5 Å². The van der Waals surface area contributed by atoms with E-state index in [4.69, 9.17) is 14.7 Å². The molecule has 6 heteroatoms. The highest BCUT2D eigenvalue weighted by Crippen LogP contribution is 2.28. The number of likely N-dealkylation sites (N-methyl/N-ethyl adjacent to an activating group) is 1. The number of carbonyl (C=O) groups excluding carboxylic acids is 1. The Morgan fingerprint density at radius 3 is 2.80 bits per heavy atom. The van der Waals surface area contributed by atoms with Crippen molar-refractivity contribution in [3.63, 3.8) is 0 Å². The van der Waals surface area contributed by atoms with Crippen molar-refractivity contribution < 1.29 is 14.3 Å². The zero-order valence-corrected chi connectivity index (χ0v) is 14.4. The van der Waals surface area contributed by atoms with Gasteiger partial charge >= 0.3 is 0 Å². The van der Waals surface area contributed by atoms with Gasteiger partial charge in [-0.15, -0.1) is 0 Å². The van der Waals surface area contributed by atoms with E-state index in [0.717, 1.165) is 16.9 Å². The van der Waals surface area contributed by atoms with Crippen LogP contribution in [0.25, 0.3) is 6.08 Å². The molecule has 0 bridgehead atoms. The topological polar surface area (TPSA) is 75.4 Å². The second kappa shape index (κ2) is 8.50. The van der Waals surface area contributed by atoms with Crippen LogP contribution in [0.4, 0.5) is 5.69 Å². The van der Waals surface area contributed by atoms with Crippen molar-refractivity contribution >= 4 is 17.7 Å². The summed E-state index contributed by atoms with van der Waals surface area (Å²) in [6.07, 6.45) is 4.85. The van der Waals surface area contributed by atoms with Crippen LogP contribution in [0.3, 0.4) is 0 Å². The molecule has 0 radical (unpaired) electrons. The Balaban J connectivity index is 2.12. The molecule has 0 saturated heterocycles. The average Bonchev–Trinajstić information content (AvgIpc) is 2.64. The van der Waals surface area contributed by atoms with Crippen LogP contribution >= 0.6 is 0 Å². The molecule has 0 spiro atoms. The van der Waals surface area contributed by atoms with E-state index in [9.17, 15) is 4.79 Å². The first-order valence-corrected chi connectivity index (χ1v) is 7.61. The second-order valence-electron chi connectivity index (χ2n) is 5.24. The highest BCUT2D eigenvalue weighted by Gasteiger charge is 2.09. The molecular weight excluding hydrogens is 318 g/mol. The van der Waals surface area contributed by atoms with Crippen LogP contribution in [0.1, 0.15) is 11.3 Å². The number of ether oxygens (including phenoxy) is 2. The fourth-order valence-electron chi connectivity index (χ4n) is 2.16. The number of pyridine rings is 1. The summed E-state index contributed by atoms with van der Waals surface area (Å²) in [5, 5.41) is 8.58. The molecule has 1 aromatic carbocycles. The molecule has 1 heterocycles. The Morgan fingerprint density at radius 1 is 1.32 bits per heavy atom. The Kier molecular flexibility index (Phi) is 6.13.